The number of unbranched alkanes of at least 4 members (excludes halogenated alkanes) is 2. The minimum Gasteiger partial charge on any atom is -0.495 e. The number of rotatable bonds is 11. The number of piperazine rings is 1. The van der Waals surface area contributed by atoms with Gasteiger partial charge in [-0.15, -0.1) is 0 Å². The first kappa shape index (κ1) is 26.7. The summed E-state index contributed by atoms with van der Waals surface area (Å²) in [5.41, 5.74) is 0.980. The maximum atomic E-state index is 13.4. The summed E-state index contributed by atoms with van der Waals surface area (Å²) in [7, 11) is 1.69. The van der Waals surface area contributed by atoms with Crippen LogP contribution in [-0.2, 0) is 6.54 Å². The van der Waals surface area contributed by atoms with Crippen LogP contribution in [0.3, 0.4) is 0 Å². The predicted molar refractivity (Wildman–Crippen MR) is 150 cm³/mol. The Morgan fingerprint density at radius 3 is 2.46 bits per heavy atom. The van der Waals surface area contributed by atoms with Crippen LogP contribution in [-0.4, -0.2) is 65.1 Å². The van der Waals surface area contributed by atoms with Crippen molar-refractivity contribution in [1.29, 1.82) is 0 Å². The van der Waals surface area contributed by atoms with Gasteiger partial charge in [0.15, 0.2) is 0 Å². The van der Waals surface area contributed by atoms with Crippen LogP contribution in [0.15, 0.2) is 64.2 Å². The monoisotopic (exact) mass is 506 g/mol. The van der Waals surface area contributed by atoms with Gasteiger partial charge in [0.05, 0.1) is 29.8 Å². The number of benzene rings is 2. The molecule has 198 valence electrons. The number of hydrogen-bond donors (Lipinski definition) is 1. The zero-order chi connectivity index (χ0) is 26.2. The molecule has 0 radical (unpaired) electrons. The van der Waals surface area contributed by atoms with Crippen molar-refractivity contribution in [3.63, 3.8) is 0 Å². The summed E-state index contributed by atoms with van der Waals surface area (Å²) in [5, 5.41) is 10.8. The van der Waals surface area contributed by atoms with Crippen LogP contribution in [0.4, 0.5) is 5.69 Å². The first-order valence-corrected chi connectivity index (χ1v) is 13.2. The van der Waals surface area contributed by atoms with Crippen molar-refractivity contribution >= 4 is 22.8 Å². The smallest absolute Gasteiger partial charge is 0.335 e. The third kappa shape index (κ3) is 6.32. The lowest BCUT2D eigenvalue weighted by atomic mass is 10.1. The molecule has 1 N–H and O–H groups in total. The molecule has 8 heteroatoms. The average Bonchev–Trinajstić information content (AvgIpc) is 2.93. The van der Waals surface area contributed by atoms with Crippen LogP contribution < -0.4 is 20.9 Å². The third-order valence-corrected chi connectivity index (χ3v) is 7.07. The Morgan fingerprint density at radius 2 is 1.70 bits per heavy atom. The van der Waals surface area contributed by atoms with Gasteiger partial charge in [0.2, 0.25) is 0 Å². The molecule has 0 spiro atoms. The number of methoxy groups -OCH3 is 1. The fourth-order valence-electron chi connectivity index (χ4n) is 4.90. The number of para-hydroxylation sites is 3. The van der Waals surface area contributed by atoms with Gasteiger partial charge in [-0.05, 0) is 36.8 Å². The van der Waals surface area contributed by atoms with Crippen LogP contribution >= 0.6 is 0 Å². The Morgan fingerprint density at radius 1 is 0.973 bits per heavy atom. The average molecular weight is 507 g/mol. The SMILES string of the molecule is CCCCCC(O)/C=C/n1c(=O)n(CCN2CCN(c3ccccc3OC)CC2)c(=O)c2ccccc21. The van der Waals surface area contributed by atoms with Crippen molar-refractivity contribution in [3.05, 3.63) is 75.4 Å². The van der Waals surface area contributed by atoms with E-state index in [4.69, 9.17) is 4.74 Å². The van der Waals surface area contributed by atoms with Gasteiger partial charge in [0.1, 0.15) is 5.75 Å². The van der Waals surface area contributed by atoms with Crippen molar-refractivity contribution in [2.75, 3.05) is 44.7 Å². The summed E-state index contributed by atoms with van der Waals surface area (Å²) < 4.78 is 8.32. The molecule has 0 saturated carbocycles. The Hall–Kier alpha value is -3.36. The Bertz CT molecular complexity index is 1320. The molecule has 8 nitrogen and oxygen atoms in total. The standard InChI is InChI=1S/C29H38N4O4/c1-3-4-5-10-23(34)15-16-32-25-12-7-6-11-24(25)28(35)33(29(32)36)22-19-30-17-20-31(21-18-30)26-13-8-9-14-27(26)37-2/h6-9,11-16,23,34H,3-5,10,17-22H2,1-2H3/b16-15+. The van der Waals surface area contributed by atoms with E-state index in [1.165, 1.54) is 9.13 Å². The minimum absolute atomic E-state index is 0.276. The van der Waals surface area contributed by atoms with Crippen molar-refractivity contribution < 1.29 is 9.84 Å². The van der Waals surface area contributed by atoms with Gasteiger partial charge >= 0.3 is 5.69 Å². The fraction of sp³-hybridized carbons (Fsp3) is 0.448. The van der Waals surface area contributed by atoms with Gasteiger partial charge in [0, 0.05) is 45.5 Å². The van der Waals surface area contributed by atoms with Crippen molar-refractivity contribution in [2.24, 2.45) is 0 Å². The molecule has 1 aromatic heterocycles. The summed E-state index contributed by atoms with van der Waals surface area (Å²) in [4.78, 5) is 31.2. The molecule has 1 aliphatic heterocycles. The van der Waals surface area contributed by atoms with Gasteiger partial charge in [-0.3, -0.25) is 18.8 Å². The molecule has 2 heterocycles. The summed E-state index contributed by atoms with van der Waals surface area (Å²) in [5.74, 6) is 0.864. The van der Waals surface area contributed by atoms with Crippen molar-refractivity contribution in [3.8, 4) is 5.75 Å². The molecule has 4 rings (SSSR count). The predicted octanol–water partition coefficient (Wildman–Crippen LogP) is 3.41. The number of aromatic nitrogens is 2. The number of aliphatic hydroxyl groups is 1. The highest BCUT2D eigenvalue weighted by Gasteiger charge is 2.20. The molecular weight excluding hydrogens is 468 g/mol. The molecule has 1 fully saturated rings. The maximum absolute atomic E-state index is 13.4. The topological polar surface area (TPSA) is 79.9 Å². The fourth-order valence-corrected chi connectivity index (χ4v) is 4.90. The van der Waals surface area contributed by atoms with E-state index in [9.17, 15) is 14.7 Å². The van der Waals surface area contributed by atoms with Gasteiger partial charge in [0.25, 0.3) is 5.56 Å². The molecule has 1 atom stereocenters. The summed E-state index contributed by atoms with van der Waals surface area (Å²) >= 11 is 0. The van der Waals surface area contributed by atoms with Crippen LogP contribution in [0, 0.1) is 0 Å². The zero-order valence-electron chi connectivity index (χ0n) is 21.9. The van der Waals surface area contributed by atoms with E-state index in [0.717, 1.165) is 56.9 Å². The lowest BCUT2D eigenvalue weighted by Gasteiger charge is -2.36. The molecule has 0 amide bonds. The molecule has 1 saturated heterocycles. The van der Waals surface area contributed by atoms with Gasteiger partial charge in [-0.25, -0.2) is 4.79 Å². The van der Waals surface area contributed by atoms with E-state index >= 15 is 0 Å². The molecule has 1 unspecified atom stereocenters. The Kier molecular flexibility index (Phi) is 9.19. The molecule has 1 aliphatic rings. The highest BCUT2D eigenvalue weighted by Crippen LogP contribution is 2.28. The van der Waals surface area contributed by atoms with E-state index < -0.39 is 6.10 Å². The van der Waals surface area contributed by atoms with E-state index in [1.807, 2.05) is 30.3 Å². The third-order valence-electron chi connectivity index (χ3n) is 7.07. The zero-order valence-corrected chi connectivity index (χ0v) is 21.9. The van der Waals surface area contributed by atoms with E-state index in [1.54, 1.807) is 31.5 Å². The van der Waals surface area contributed by atoms with Crippen LogP contribution in [0.1, 0.15) is 32.6 Å². The Balaban J connectivity index is 1.48. The van der Waals surface area contributed by atoms with Crippen LogP contribution in [0.5, 0.6) is 5.75 Å². The van der Waals surface area contributed by atoms with E-state index in [-0.39, 0.29) is 11.2 Å². The van der Waals surface area contributed by atoms with Gasteiger partial charge in [-0.1, -0.05) is 50.5 Å². The normalized spacial score (nSPS) is 15.5. The molecule has 0 aliphatic carbocycles. The Labute approximate surface area is 218 Å². The molecule has 3 aromatic rings. The summed E-state index contributed by atoms with van der Waals surface area (Å²) in [6.07, 6.45) is 6.36. The maximum Gasteiger partial charge on any atom is 0.335 e. The highest BCUT2D eigenvalue weighted by atomic mass is 16.5. The van der Waals surface area contributed by atoms with Gasteiger partial charge < -0.3 is 14.7 Å². The molecule has 37 heavy (non-hydrogen) atoms. The van der Waals surface area contributed by atoms with Crippen molar-refractivity contribution in [2.45, 2.75) is 45.3 Å². The van der Waals surface area contributed by atoms with Crippen LogP contribution in [0.25, 0.3) is 17.1 Å². The highest BCUT2D eigenvalue weighted by molar-refractivity contribution is 5.79. The number of ether oxygens (including phenoxy) is 1. The molecule has 0 bridgehead atoms. The molecule has 2 aromatic carbocycles. The van der Waals surface area contributed by atoms with Crippen molar-refractivity contribution in [1.82, 2.24) is 14.0 Å². The summed E-state index contributed by atoms with van der Waals surface area (Å²) in [6.45, 7) is 6.39. The largest absolute Gasteiger partial charge is 0.495 e. The summed E-state index contributed by atoms with van der Waals surface area (Å²) in [6, 6.07) is 15.2. The van der Waals surface area contributed by atoms with Gasteiger partial charge in [-0.2, -0.15) is 0 Å². The van der Waals surface area contributed by atoms with Crippen LogP contribution in [0.2, 0.25) is 0 Å². The lowest BCUT2D eigenvalue weighted by molar-refractivity contribution is 0.209. The number of hydrogen-bond acceptors (Lipinski definition) is 6. The minimum atomic E-state index is -0.628. The first-order valence-electron chi connectivity index (χ1n) is 13.2. The first-order chi connectivity index (χ1) is 18.0. The number of anilines is 1. The second kappa shape index (κ2) is 12.7. The second-order valence-electron chi connectivity index (χ2n) is 9.53. The quantitative estimate of drug-likeness (QED) is 0.402. The number of fused-ring (bicyclic) bond motifs is 1. The van der Waals surface area contributed by atoms with E-state index in [0.29, 0.717) is 30.4 Å². The number of aliphatic hydroxyl groups excluding tert-OH is 1. The lowest BCUT2D eigenvalue weighted by Crippen LogP contribution is -2.49. The number of nitrogens with zero attached hydrogens (tertiary/aromatic N) is 4. The second-order valence-corrected chi connectivity index (χ2v) is 9.53. The molecular formula is C29H38N4O4. The van der Waals surface area contributed by atoms with E-state index in [2.05, 4.69) is 22.8 Å².